The Morgan fingerprint density at radius 1 is 1.23 bits per heavy atom. The summed E-state index contributed by atoms with van der Waals surface area (Å²) in [5.74, 6) is -0.718. The van der Waals surface area contributed by atoms with Crippen molar-refractivity contribution in [2.45, 2.75) is 25.3 Å². The summed E-state index contributed by atoms with van der Waals surface area (Å²) >= 11 is 12.0. The molecular formula is C19H20Cl2FNO3. The third-order valence-corrected chi connectivity index (χ3v) is 4.77. The molecule has 0 fully saturated rings. The maximum Gasteiger partial charge on any atom is 0.220 e. The lowest BCUT2D eigenvalue weighted by molar-refractivity contribution is -0.121. The van der Waals surface area contributed by atoms with Gasteiger partial charge in [0.05, 0.1) is 17.2 Å². The topological polar surface area (TPSA) is 58.6 Å². The number of benzene rings is 2. The predicted molar refractivity (Wildman–Crippen MR) is 100 cm³/mol. The minimum Gasteiger partial charge on any atom is -0.494 e. The number of aliphatic hydroxyl groups excluding tert-OH is 1. The van der Waals surface area contributed by atoms with E-state index in [4.69, 9.17) is 27.9 Å². The van der Waals surface area contributed by atoms with Crippen molar-refractivity contribution in [3.8, 4) is 5.75 Å². The molecular weight excluding hydrogens is 380 g/mol. The van der Waals surface area contributed by atoms with Gasteiger partial charge in [-0.1, -0.05) is 35.3 Å². The van der Waals surface area contributed by atoms with Gasteiger partial charge in [-0.15, -0.1) is 0 Å². The molecule has 140 valence electrons. The molecule has 2 aromatic carbocycles. The molecule has 4 nitrogen and oxygen atoms in total. The number of methoxy groups -OCH3 is 1. The zero-order valence-electron chi connectivity index (χ0n) is 14.3. The maximum atomic E-state index is 13.7. The fourth-order valence-corrected chi connectivity index (χ4v) is 2.93. The van der Waals surface area contributed by atoms with Gasteiger partial charge < -0.3 is 15.2 Å². The van der Waals surface area contributed by atoms with Crippen LogP contribution in [0.5, 0.6) is 5.75 Å². The van der Waals surface area contributed by atoms with Crippen molar-refractivity contribution < 1.29 is 19.0 Å². The summed E-state index contributed by atoms with van der Waals surface area (Å²) in [6.07, 6.45) is 0.597. The number of ether oxygens (including phenoxy) is 1. The third-order valence-electron chi connectivity index (χ3n) is 4.03. The summed E-state index contributed by atoms with van der Waals surface area (Å²) in [6, 6.07) is 9.69. The Morgan fingerprint density at radius 3 is 2.62 bits per heavy atom. The monoisotopic (exact) mass is 399 g/mol. The molecule has 7 heteroatoms. The molecule has 0 saturated heterocycles. The Hall–Kier alpha value is -1.82. The molecule has 0 bridgehead atoms. The van der Waals surface area contributed by atoms with Gasteiger partial charge in [0.2, 0.25) is 5.91 Å². The normalized spacial score (nSPS) is 11.9. The number of aliphatic hydroxyl groups is 1. The van der Waals surface area contributed by atoms with Gasteiger partial charge in [-0.3, -0.25) is 4.79 Å². The van der Waals surface area contributed by atoms with E-state index in [0.717, 1.165) is 5.56 Å². The molecule has 0 aliphatic carbocycles. The van der Waals surface area contributed by atoms with E-state index in [-0.39, 0.29) is 37.1 Å². The molecule has 0 heterocycles. The molecule has 0 spiro atoms. The molecule has 0 radical (unpaired) electrons. The van der Waals surface area contributed by atoms with E-state index < -0.39 is 5.82 Å². The molecule has 0 aliphatic rings. The van der Waals surface area contributed by atoms with Crippen LogP contribution in [-0.2, 0) is 11.3 Å². The van der Waals surface area contributed by atoms with E-state index in [1.165, 1.54) is 19.2 Å². The van der Waals surface area contributed by atoms with Crippen molar-refractivity contribution in [2.75, 3.05) is 13.7 Å². The van der Waals surface area contributed by atoms with E-state index in [1.807, 2.05) is 0 Å². The average Bonchev–Trinajstić information content (AvgIpc) is 2.62. The fourth-order valence-electron chi connectivity index (χ4n) is 2.63. The van der Waals surface area contributed by atoms with Crippen molar-refractivity contribution in [1.82, 2.24) is 5.32 Å². The van der Waals surface area contributed by atoms with Gasteiger partial charge in [-0.05, 0) is 47.7 Å². The maximum absolute atomic E-state index is 13.7. The quantitative estimate of drug-likeness (QED) is 0.694. The van der Waals surface area contributed by atoms with Gasteiger partial charge in [-0.25, -0.2) is 4.39 Å². The highest BCUT2D eigenvalue weighted by Gasteiger charge is 2.17. The molecule has 0 aliphatic heterocycles. The molecule has 1 atom stereocenters. The Labute approximate surface area is 161 Å². The first kappa shape index (κ1) is 20.5. The summed E-state index contributed by atoms with van der Waals surface area (Å²) in [4.78, 5) is 12.3. The van der Waals surface area contributed by atoms with Gasteiger partial charge in [-0.2, -0.15) is 0 Å². The lowest BCUT2D eigenvalue weighted by Crippen LogP contribution is -2.25. The molecule has 1 unspecified atom stereocenters. The lowest BCUT2D eigenvalue weighted by atomic mass is 9.92. The van der Waals surface area contributed by atoms with Crippen molar-refractivity contribution in [1.29, 1.82) is 0 Å². The minimum absolute atomic E-state index is 0.0537. The summed E-state index contributed by atoms with van der Waals surface area (Å²) in [6.45, 7) is 0.148. The van der Waals surface area contributed by atoms with Crippen LogP contribution >= 0.6 is 23.2 Å². The van der Waals surface area contributed by atoms with E-state index in [1.54, 1.807) is 24.3 Å². The van der Waals surface area contributed by atoms with Crippen LogP contribution < -0.4 is 10.1 Å². The molecule has 2 rings (SSSR count). The number of nitrogens with one attached hydrogen (secondary N) is 1. The second kappa shape index (κ2) is 9.76. The highest BCUT2D eigenvalue weighted by atomic mass is 35.5. The van der Waals surface area contributed by atoms with Crippen LogP contribution in [0.15, 0.2) is 36.4 Å². The van der Waals surface area contributed by atoms with Crippen molar-refractivity contribution >= 4 is 29.1 Å². The van der Waals surface area contributed by atoms with Crippen molar-refractivity contribution in [3.05, 3.63) is 63.4 Å². The van der Waals surface area contributed by atoms with E-state index in [9.17, 15) is 14.3 Å². The van der Waals surface area contributed by atoms with Crippen molar-refractivity contribution in [3.63, 3.8) is 0 Å². The molecule has 26 heavy (non-hydrogen) atoms. The van der Waals surface area contributed by atoms with Gasteiger partial charge in [0.1, 0.15) is 0 Å². The SMILES string of the molecule is COc1ccc(CNC(=O)CC(CCO)c2ccc(Cl)c(Cl)c2)cc1F. The zero-order chi connectivity index (χ0) is 19.1. The van der Waals surface area contributed by atoms with Gasteiger partial charge in [0, 0.05) is 19.6 Å². The second-order valence-electron chi connectivity index (χ2n) is 5.83. The Kier molecular flexibility index (Phi) is 7.69. The highest BCUT2D eigenvalue weighted by Crippen LogP contribution is 2.30. The Balaban J connectivity index is 1.99. The third kappa shape index (κ3) is 5.59. The smallest absolute Gasteiger partial charge is 0.220 e. The largest absolute Gasteiger partial charge is 0.494 e. The summed E-state index contributed by atoms with van der Waals surface area (Å²) < 4.78 is 18.6. The van der Waals surface area contributed by atoms with Gasteiger partial charge in [0.25, 0.3) is 0 Å². The molecule has 2 N–H and O–H groups in total. The highest BCUT2D eigenvalue weighted by molar-refractivity contribution is 6.42. The first-order valence-electron chi connectivity index (χ1n) is 8.09. The molecule has 0 saturated carbocycles. The van der Waals surface area contributed by atoms with Crippen LogP contribution in [0, 0.1) is 5.82 Å². The lowest BCUT2D eigenvalue weighted by Gasteiger charge is -2.17. The number of hydrogen-bond acceptors (Lipinski definition) is 3. The van der Waals surface area contributed by atoms with Crippen LogP contribution in [0.3, 0.4) is 0 Å². The Bertz CT molecular complexity index is 770. The van der Waals surface area contributed by atoms with E-state index in [2.05, 4.69) is 5.32 Å². The summed E-state index contributed by atoms with van der Waals surface area (Å²) in [5.41, 5.74) is 1.46. The Morgan fingerprint density at radius 2 is 2.00 bits per heavy atom. The number of rotatable bonds is 8. The van der Waals surface area contributed by atoms with Crippen molar-refractivity contribution in [2.24, 2.45) is 0 Å². The van der Waals surface area contributed by atoms with Crippen LogP contribution in [0.4, 0.5) is 4.39 Å². The summed E-state index contributed by atoms with van der Waals surface area (Å²) in [5, 5.41) is 12.9. The number of hydrogen-bond donors (Lipinski definition) is 2. The van der Waals surface area contributed by atoms with Crippen LogP contribution in [0.1, 0.15) is 29.9 Å². The second-order valence-corrected chi connectivity index (χ2v) is 6.65. The summed E-state index contributed by atoms with van der Waals surface area (Å²) in [7, 11) is 1.39. The minimum atomic E-state index is -0.479. The van der Waals surface area contributed by atoms with Crippen LogP contribution in [0.2, 0.25) is 10.0 Å². The standard InChI is InChI=1S/C19H20Cl2FNO3/c1-26-18-5-2-12(8-17(18)22)11-23-19(25)10-14(6-7-24)13-3-4-15(20)16(21)9-13/h2-5,8-9,14,24H,6-7,10-11H2,1H3,(H,23,25). The predicted octanol–water partition coefficient (Wildman–Crippen LogP) is 4.31. The molecule has 2 aromatic rings. The van der Waals surface area contributed by atoms with Gasteiger partial charge in [0.15, 0.2) is 11.6 Å². The first-order chi connectivity index (χ1) is 12.4. The van der Waals surface area contributed by atoms with E-state index in [0.29, 0.717) is 22.0 Å². The fraction of sp³-hybridized carbons (Fsp3) is 0.316. The molecule has 0 aromatic heterocycles. The number of amides is 1. The van der Waals surface area contributed by atoms with Crippen LogP contribution in [-0.4, -0.2) is 24.7 Å². The number of halogens is 3. The van der Waals surface area contributed by atoms with Crippen LogP contribution in [0.25, 0.3) is 0 Å². The average molecular weight is 400 g/mol. The zero-order valence-corrected chi connectivity index (χ0v) is 15.8. The molecule has 1 amide bonds. The first-order valence-corrected chi connectivity index (χ1v) is 8.85. The van der Waals surface area contributed by atoms with Gasteiger partial charge >= 0.3 is 0 Å². The number of carbonyl (C=O) groups excluding carboxylic acids is 1. The number of carbonyl (C=O) groups is 1. The van der Waals surface area contributed by atoms with E-state index >= 15 is 0 Å².